The molecule has 1 fully saturated rings. The van der Waals surface area contributed by atoms with E-state index in [1.807, 2.05) is 24.3 Å². The second kappa shape index (κ2) is 11.0. The minimum Gasteiger partial charge on any atom is -0.369 e. The van der Waals surface area contributed by atoms with Gasteiger partial charge in [-0.1, -0.05) is 29.8 Å². The summed E-state index contributed by atoms with van der Waals surface area (Å²) in [5.41, 5.74) is 0.907. The van der Waals surface area contributed by atoms with E-state index >= 15 is 0 Å². The molecule has 1 aromatic heterocycles. The van der Waals surface area contributed by atoms with Crippen LogP contribution in [0.4, 0.5) is 5.82 Å². The molecule has 182 valence electrons. The Balaban J connectivity index is 1.42. The van der Waals surface area contributed by atoms with Crippen LogP contribution < -0.4 is 5.32 Å². The first-order chi connectivity index (χ1) is 16.3. The van der Waals surface area contributed by atoms with Crippen molar-refractivity contribution in [3.05, 3.63) is 59.4 Å². The fraction of sp³-hybridized carbons (Fsp3) is 0.417. The third kappa shape index (κ3) is 6.03. The molecule has 34 heavy (non-hydrogen) atoms. The number of nitrogens with one attached hydrogen (secondary N) is 1. The summed E-state index contributed by atoms with van der Waals surface area (Å²) in [6.07, 6.45) is 1.02. The molecule has 1 saturated heterocycles. The van der Waals surface area contributed by atoms with Crippen LogP contribution in [0.1, 0.15) is 12.2 Å². The second-order valence-corrected chi connectivity index (χ2v) is 11.1. The van der Waals surface area contributed by atoms with E-state index in [1.54, 1.807) is 18.2 Å². The van der Waals surface area contributed by atoms with E-state index in [2.05, 4.69) is 29.2 Å². The number of para-hydroxylation sites is 1. The fourth-order valence-corrected chi connectivity index (χ4v) is 5.76. The van der Waals surface area contributed by atoms with Crippen LogP contribution in [-0.2, 0) is 16.6 Å². The lowest BCUT2D eigenvalue weighted by Crippen LogP contribution is -2.48. The summed E-state index contributed by atoms with van der Waals surface area (Å²) < 4.78 is 27.5. The van der Waals surface area contributed by atoms with E-state index in [9.17, 15) is 8.42 Å². The molecular weight excluding hydrogens is 472 g/mol. The number of hydrogen-bond acceptors (Lipinski definition) is 7. The number of hydrogen-bond donors (Lipinski definition) is 1. The topological polar surface area (TPSA) is 81.7 Å². The summed E-state index contributed by atoms with van der Waals surface area (Å²) in [5, 5.41) is 4.90. The highest BCUT2D eigenvalue weighted by atomic mass is 35.5. The van der Waals surface area contributed by atoms with Crippen molar-refractivity contribution in [3.8, 4) is 0 Å². The lowest BCUT2D eigenvalue weighted by molar-refractivity contribution is 0.178. The van der Waals surface area contributed by atoms with Crippen LogP contribution in [0, 0.1) is 0 Å². The number of anilines is 1. The summed E-state index contributed by atoms with van der Waals surface area (Å²) in [6, 6.07) is 14.4. The van der Waals surface area contributed by atoms with Gasteiger partial charge in [0.15, 0.2) is 0 Å². The maximum atomic E-state index is 13.0. The highest BCUT2D eigenvalue weighted by molar-refractivity contribution is 7.89. The van der Waals surface area contributed by atoms with Crippen molar-refractivity contribution in [2.45, 2.75) is 17.9 Å². The highest BCUT2D eigenvalue weighted by Gasteiger charge is 2.29. The van der Waals surface area contributed by atoms with E-state index < -0.39 is 10.0 Å². The first-order valence-corrected chi connectivity index (χ1v) is 13.3. The molecule has 1 aliphatic heterocycles. The Morgan fingerprint density at radius 2 is 1.79 bits per heavy atom. The minimum atomic E-state index is -3.56. The monoisotopic (exact) mass is 502 g/mol. The third-order valence-electron chi connectivity index (χ3n) is 5.85. The van der Waals surface area contributed by atoms with Gasteiger partial charge >= 0.3 is 0 Å². The number of benzene rings is 2. The molecule has 1 N–H and O–H groups in total. The molecule has 0 saturated carbocycles. The molecule has 3 aromatic rings. The Kier molecular flexibility index (Phi) is 8.00. The Labute approximate surface area is 206 Å². The second-order valence-electron chi connectivity index (χ2n) is 8.73. The molecule has 0 aliphatic carbocycles. The lowest BCUT2D eigenvalue weighted by atomic mass is 10.2. The van der Waals surface area contributed by atoms with Crippen molar-refractivity contribution in [2.75, 3.05) is 58.7 Å². The molecule has 2 aromatic carbocycles. The number of halogens is 1. The van der Waals surface area contributed by atoms with Crippen LogP contribution in [0.2, 0.25) is 5.02 Å². The highest BCUT2D eigenvalue weighted by Crippen LogP contribution is 2.23. The molecule has 0 atom stereocenters. The third-order valence-corrected chi connectivity index (χ3v) is 7.98. The lowest BCUT2D eigenvalue weighted by Gasteiger charge is -2.33. The average molecular weight is 503 g/mol. The maximum absolute atomic E-state index is 13.0. The van der Waals surface area contributed by atoms with Crippen molar-refractivity contribution in [1.82, 2.24) is 24.1 Å². The van der Waals surface area contributed by atoms with Crippen LogP contribution in [-0.4, -0.2) is 85.9 Å². The van der Waals surface area contributed by atoms with Gasteiger partial charge in [-0.15, -0.1) is 0 Å². The van der Waals surface area contributed by atoms with E-state index in [0.717, 1.165) is 42.1 Å². The first kappa shape index (κ1) is 24.8. The first-order valence-electron chi connectivity index (χ1n) is 11.5. The number of piperazine rings is 1. The maximum Gasteiger partial charge on any atom is 0.243 e. The Morgan fingerprint density at radius 3 is 2.53 bits per heavy atom. The summed E-state index contributed by atoms with van der Waals surface area (Å²) in [4.78, 5) is 14.2. The Hall–Kier alpha value is -2.30. The largest absolute Gasteiger partial charge is 0.369 e. The van der Waals surface area contributed by atoms with Crippen molar-refractivity contribution in [1.29, 1.82) is 0 Å². The summed E-state index contributed by atoms with van der Waals surface area (Å²) in [6.45, 7) is 4.46. The van der Waals surface area contributed by atoms with Gasteiger partial charge in [-0.3, -0.25) is 4.90 Å². The van der Waals surface area contributed by atoms with Gasteiger partial charge in [-0.05, 0) is 57.4 Å². The summed E-state index contributed by atoms with van der Waals surface area (Å²) in [7, 11) is 0.577. The van der Waals surface area contributed by atoms with Gasteiger partial charge in [0.2, 0.25) is 10.0 Å². The SMILES string of the molecule is CN(C)CCCNc1nc(CN2CCN(S(=O)(=O)c3cccc(Cl)c3)CC2)nc2ccccc12. The van der Waals surface area contributed by atoms with Gasteiger partial charge < -0.3 is 10.2 Å². The number of sulfonamides is 1. The quantitative estimate of drug-likeness (QED) is 0.450. The number of aromatic nitrogens is 2. The van der Waals surface area contributed by atoms with Crippen LogP contribution in [0.25, 0.3) is 10.9 Å². The predicted molar refractivity (Wildman–Crippen MR) is 137 cm³/mol. The van der Waals surface area contributed by atoms with Gasteiger partial charge in [0.05, 0.1) is 17.0 Å². The van der Waals surface area contributed by atoms with Gasteiger partial charge in [0.1, 0.15) is 11.6 Å². The standard InChI is InChI=1S/C24H31ClN6O2S/c1-29(2)12-6-11-26-24-21-9-3-4-10-22(21)27-23(28-24)18-30-13-15-31(16-14-30)34(32,33)20-8-5-7-19(25)17-20/h3-5,7-10,17H,6,11-16,18H2,1-2H3,(H,26,27,28). The van der Waals surface area contributed by atoms with E-state index in [1.165, 1.54) is 10.4 Å². The number of fused-ring (bicyclic) bond motifs is 1. The zero-order valence-electron chi connectivity index (χ0n) is 19.6. The number of nitrogens with zero attached hydrogens (tertiary/aromatic N) is 5. The molecule has 0 unspecified atom stereocenters. The number of rotatable bonds is 9. The summed E-state index contributed by atoms with van der Waals surface area (Å²) >= 11 is 6.00. The van der Waals surface area contributed by atoms with Crippen LogP contribution in [0.5, 0.6) is 0 Å². The fourth-order valence-electron chi connectivity index (χ4n) is 4.04. The van der Waals surface area contributed by atoms with Crippen LogP contribution in [0.3, 0.4) is 0 Å². The molecule has 0 bridgehead atoms. The van der Waals surface area contributed by atoms with Crippen molar-refractivity contribution < 1.29 is 8.42 Å². The van der Waals surface area contributed by atoms with Crippen molar-refractivity contribution in [2.24, 2.45) is 0 Å². The summed E-state index contributed by atoms with van der Waals surface area (Å²) in [5.74, 6) is 1.58. The molecule has 0 spiro atoms. The Morgan fingerprint density at radius 1 is 1.03 bits per heavy atom. The van der Waals surface area contributed by atoms with Gasteiger partial charge in [-0.25, -0.2) is 18.4 Å². The van der Waals surface area contributed by atoms with Crippen LogP contribution >= 0.6 is 11.6 Å². The zero-order valence-corrected chi connectivity index (χ0v) is 21.2. The molecule has 2 heterocycles. The zero-order chi connectivity index (χ0) is 24.1. The van der Waals surface area contributed by atoms with Crippen molar-refractivity contribution in [3.63, 3.8) is 0 Å². The molecule has 1 aliphatic rings. The van der Waals surface area contributed by atoms with Gasteiger partial charge in [0.25, 0.3) is 0 Å². The average Bonchev–Trinajstić information content (AvgIpc) is 2.82. The molecule has 0 radical (unpaired) electrons. The molecule has 0 amide bonds. The van der Waals surface area contributed by atoms with E-state index in [0.29, 0.717) is 37.7 Å². The van der Waals surface area contributed by atoms with Crippen LogP contribution in [0.15, 0.2) is 53.4 Å². The molecular formula is C24H31ClN6O2S. The van der Waals surface area contributed by atoms with E-state index in [-0.39, 0.29) is 4.90 Å². The Bertz CT molecular complexity index is 1230. The normalized spacial score (nSPS) is 15.8. The van der Waals surface area contributed by atoms with Gasteiger partial charge in [0, 0.05) is 43.1 Å². The molecule has 4 rings (SSSR count). The predicted octanol–water partition coefficient (Wildman–Crippen LogP) is 3.15. The van der Waals surface area contributed by atoms with Gasteiger partial charge in [-0.2, -0.15) is 4.31 Å². The minimum absolute atomic E-state index is 0.233. The smallest absolute Gasteiger partial charge is 0.243 e. The molecule has 8 nitrogen and oxygen atoms in total. The van der Waals surface area contributed by atoms with E-state index in [4.69, 9.17) is 21.6 Å². The molecule has 10 heteroatoms. The van der Waals surface area contributed by atoms with Crippen molar-refractivity contribution >= 4 is 38.3 Å².